The molecule has 2 N–H and O–H groups in total. The van der Waals surface area contributed by atoms with E-state index in [9.17, 15) is 18.8 Å². The Morgan fingerprint density at radius 3 is 2.48 bits per heavy atom. The standard InChI is InChI=1S/C23H27FN4O3/c1-6-14-7-8-15(9-17(14)24)25-21(29)16-10-18(13(4)5)26-20-19(16)22(30)27-23(31)28(20)11-12(2)3/h7-10,12-13H,6,11H2,1-5H3,(H,25,29)(H,27,30,31). The van der Waals surface area contributed by atoms with Crippen LogP contribution in [0.3, 0.4) is 0 Å². The third-order valence-electron chi connectivity index (χ3n) is 5.04. The number of aromatic nitrogens is 3. The summed E-state index contributed by atoms with van der Waals surface area (Å²) in [5.41, 5.74) is 0.418. The molecule has 0 aliphatic heterocycles. The van der Waals surface area contributed by atoms with E-state index in [4.69, 9.17) is 0 Å². The summed E-state index contributed by atoms with van der Waals surface area (Å²) < 4.78 is 15.5. The van der Waals surface area contributed by atoms with E-state index < -0.39 is 23.0 Å². The number of hydrogen-bond donors (Lipinski definition) is 2. The van der Waals surface area contributed by atoms with Crippen LogP contribution in [0.4, 0.5) is 10.1 Å². The fourth-order valence-corrected chi connectivity index (χ4v) is 3.41. The second-order valence-electron chi connectivity index (χ2n) is 8.33. The molecule has 3 rings (SSSR count). The van der Waals surface area contributed by atoms with Crippen molar-refractivity contribution in [2.75, 3.05) is 5.32 Å². The topological polar surface area (TPSA) is 96.8 Å². The smallest absolute Gasteiger partial charge is 0.322 e. The largest absolute Gasteiger partial charge is 0.330 e. The van der Waals surface area contributed by atoms with Crippen LogP contribution in [-0.2, 0) is 13.0 Å². The van der Waals surface area contributed by atoms with Crippen LogP contribution in [0.2, 0.25) is 0 Å². The van der Waals surface area contributed by atoms with E-state index in [2.05, 4.69) is 15.3 Å². The number of nitrogens with one attached hydrogen (secondary N) is 2. The van der Waals surface area contributed by atoms with Gasteiger partial charge in [0.05, 0.1) is 10.9 Å². The minimum Gasteiger partial charge on any atom is -0.322 e. The summed E-state index contributed by atoms with van der Waals surface area (Å²) in [4.78, 5) is 45.1. The molecule has 0 aliphatic rings. The Bertz CT molecular complexity index is 1260. The Hall–Kier alpha value is -3.29. The fourth-order valence-electron chi connectivity index (χ4n) is 3.41. The Morgan fingerprint density at radius 1 is 1.19 bits per heavy atom. The number of aromatic amines is 1. The van der Waals surface area contributed by atoms with Crippen molar-refractivity contribution in [1.29, 1.82) is 0 Å². The van der Waals surface area contributed by atoms with Gasteiger partial charge in [-0.15, -0.1) is 0 Å². The molecule has 31 heavy (non-hydrogen) atoms. The highest BCUT2D eigenvalue weighted by molar-refractivity contribution is 6.11. The molecular weight excluding hydrogens is 399 g/mol. The van der Waals surface area contributed by atoms with Crippen molar-refractivity contribution < 1.29 is 9.18 Å². The molecule has 0 spiro atoms. The number of anilines is 1. The van der Waals surface area contributed by atoms with Crippen LogP contribution in [0.5, 0.6) is 0 Å². The minimum atomic E-state index is -0.680. The first-order valence-corrected chi connectivity index (χ1v) is 10.4. The maximum absolute atomic E-state index is 14.2. The van der Waals surface area contributed by atoms with Crippen molar-refractivity contribution in [3.63, 3.8) is 0 Å². The molecule has 0 saturated carbocycles. The van der Waals surface area contributed by atoms with Crippen molar-refractivity contribution in [2.24, 2.45) is 5.92 Å². The Balaban J connectivity index is 2.21. The van der Waals surface area contributed by atoms with Crippen LogP contribution >= 0.6 is 0 Å². The predicted molar refractivity (Wildman–Crippen MR) is 119 cm³/mol. The van der Waals surface area contributed by atoms with Gasteiger partial charge in [-0.2, -0.15) is 0 Å². The summed E-state index contributed by atoms with van der Waals surface area (Å²) in [5, 5.41) is 2.70. The van der Waals surface area contributed by atoms with Crippen LogP contribution < -0.4 is 16.6 Å². The summed E-state index contributed by atoms with van der Waals surface area (Å²) in [6.45, 7) is 9.89. The van der Waals surface area contributed by atoms with Crippen LogP contribution in [0.1, 0.15) is 62.2 Å². The number of carbonyl (C=O) groups excluding carboxylic acids is 1. The van der Waals surface area contributed by atoms with Gasteiger partial charge >= 0.3 is 5.69 Å². The summed E-state index contributed by atoms with van der Waals surface area (Å²) in [7, 11) is 0. The fraction of sp³-hybridized carbons (Fsp3) is 0.391. The SMILES string of the molecule is CCc1ccc(NC(=O)c2cc(C(C)C)nc3c2c(=O)[nH]c(=O)n3CC(C)C)cc1F. The molecule has 3 aromatic rings. The molecule has 164 valence electrons. The van der Waals surface area contributed by atoms with Gasteiger partial charge < -0.3 is 5.32 Å². The van der Waals surface area contributed by atoms with Crippen molar-refractivity contribution in [1.82, 2.24) is 14.5 Å². The number of benzene rings is 1. The number of H-pyrrole nitrogens is 1. The molecule has 2 aromatic heterocycles. The van der Waals surface area contributed by atoms with Gasteiger partial charge in [-0.25, -0.2) is 14.2 Å². The third-order valence-corrected chi connectivity index (χ3v) is 5.04. The summed E-state index contributed by atoms with van der Waals surface area (Å²) >= 11 is 0. The van der Waals surface area contributed by atoms with Crippen molar-refractivity contribution in [3.05, 3.63) is 67.7 Å². The van der Waals surface area contributed by atoms with Gasteiger partial charge in [-0.3, -0.25) is 19.1 Å². The second-order valence-corrected chi connectivity index (χ2v) is 8.33. The predicted octanol–water partition coefficient (Wildman–Crippen LogP) is 3.82. The molecule has 7 nitrogen and oxygen atoms in total. The highest BCUT2D eigenvalue weighted by atomic mass is 19.1. The van der Waals surface area contributed by atoms with Gasteiger partial charge in [-0.05, 0) is 42.0 Å². The second kappa shape index (κ2) is 8.83. The van der Waals surface area contributed by atoms with E-state index in [1.54, 1.807) is 18.2 Å². The summed E-state index contributed by atoms with van der Waals surface area (Å²) in [6.07, 6.45) is 0.537. The van der Waals surface area contributed by atoms with E-state index in [0.717, 1.165) is 0 Å². The lowest BCUT2D eigenvalue weighted by Crippen LogP contribution is -2.33. The van der Waals surface area contributed by atoms with Gasteiger partial charge in [0.1, 0.15) is 5.82 Å². The van der Waals surface area contributed by atoms with Gasteiger partial charge in [0.15, 0.2) is 5.65 Å². The zero-order valence-corrected chi connectivity index (χ0v) is 18.4. The first kappa shape index (κ1) is 22.4. The molecule has 0 atom stereocenters. The van der Waals surface area contributed by atoms with Crippen molar-refractivity contribution in [2.45, 2.75) is 53.5 Å². The van der Waals surface area contributed by atoms with Gasteiger partial charge in [0.25, 0.3) is 11.5 Å². The molecule has 0 fully saturated rings. The molecule has 1 aromatic carbocycles. The maximum atomic E-state index is 14.2. The number of amides is 1. The number of halogens is 1. The van der Waals surface area contributed by atoms with Gasteiger partial charge in [0, 0.05) is 17.9 Å². The maximum Gasteiger partial charge on any atom is 0.330 e. The van der Waals surface area contributed by atoms with Gasteiger partial charge in [-0.1, -0.05) is 40.7 Å². The van der Waals surface area contributed by atoms with Crippen LogP contribution in [0.25, 0.3) is 11.0 Å². The third kappa shape index (κ3) is 4.57. The molecule has 8 heteroatoms. The molecule has 0 bridgehead atoms. The first-order valence-electron chi connectivity index (χ1n) is 10.4. The Morgan fingerprint density at radius 2 is 1.90 bits per heavy atom. The monoisotopic (exact) mass is 426 g/mol. The van der Waals surface area contributed by atoms with E-state index in [1.165, 1.54) is 10.6 Å². The average molecular weight is 426 g/mol. The zero-order chi connectivity index (χ0) is 22.9. The van der Waals surface area contributed by atoms with Crippen LogP contribution in [0.15, 0.2) is 33.9 Å². The number of fused-ring (bicyclic) bond motifs is 1. The van der Waals surface area contributed by atoms with Gasteiger partial charge in [0.2, 0.25) is 0 Å². The van der Waals surface area contributed by atoms with E-state index in [-0.39, 0.29) is 34.1 Å². The Kier molecular flexibility index (Phi) is 6.38. The molecule has 1 amide bonds. The highest BCUT2D eigenvalue weighted by Gasteiger charge is 2.21. The Labute approximate surface area is 179 Å². The van der Waals surface area contributed by atoms with Crippen molar-refractivity contribution in [3.8, 4) is 0 Å². The highest BCUT2D eigenvalue weighted by Crippen LogP contribution is 2.22. The lowest BCUT2D eigenvalue weighted by molar-refractivity contribution is 0.102. The number of nitrogens with zero attached hydrogens (tertiary/aromatic N) is 2. The molecule has 0 unspecified atom stereocenters. The number of hydrogen-bond acceptors (Lipinski definition) is 4. The number of pyridine rings is 1. The van der Waals surface area contributed by atoms with Crippen molar-refractivity contribution >= 4 is 22.6 Å². The van der Waals surface area contributed by atoms with E-state index in [0.29, 0.717) is 24.2 Å². The quantitative estimate of drug-likeness (QED) is 0.626. The summed E-state index contributed by atoms with van der Waals surface area (Å²) in [5.74, 6) is -0.905. The minimum absolute atomic E-state index is 0.0350. The summed E-state index contributed by atoms with van der Waals surface area (Å²) in [6, 6.07) is 6.04. The lowest BCUT2D eigenvalue weighted by atomic mass is 10.0. The molecule has 0 saturated heterocycles. The average Bonchev–Trinajstić information content (AvgIpc) is 2.70. The molecule has 0 radical (unpaired) electrons. The number of carbonyl (C=O) groups is 1. The van der Waals surface area contributed by atoms with Crippen LogP contribution in [0, 0.1) is 11.7 Å². The normalized spacial score (nSPS) is 11.5. The van der Waals surface area contributed by atoms with Crippen LogP contribution in [-0.4, -0.2) is 20.4 Å². The molecular formula is C23H27FN4O3. The zero-order valence-electron chi connectivity index (χ0n) is 18.4. The number of rotatable bonds is 6. The van der Waals surface area contributed by atoms with E-state index in [1.807, 2.05) is 34.6 Å². The molecule has 2 heterocycles. The molecule has 0 aliphatic carbocycles. The first-order chi connectivity index (χ1) is 14.6. The van der Waals surface area contributed by atoms with E-state index >= 15 is 0 Å². The number of aryl methyl sites for hydroxylation is 1. The lowest BCUT2D eigenvalue weighted by Gasteiger charge is -2.16.